The number of nitrogens with one attached hydrogen (secondary N) is 2. The topological polar surface area (TPSA) is 54.0 Å². The number of pyridine rings is 1. The van der Waals surface area contributed by atoms with Crippen molar-refractivity contribution in [3.63, 3.8) is 0 Å². The molecule has 0 aliphatic heterocycles. The van der Waals surface area contributed by atoms with E-state index in [0.29, 0.717) is 25.3 Å². The summed E-state index contributed by atoms with van der Waals surface area (Å²) in [6.07, 6.45) is 2.90. The van der Waals surface area contributed by atoms with E-state index in [0.717, 1.165) is 17.1 Å². The first-order chi connectivity index (χ1) is 10.3. The average Bonchev–Trinajstić information content (AvgIpc) is 2.53. The van der Waals surface area contributed by atoms with Crippen molar-refractivity contribution in [2.75, 3.05) is 16.5 Å². The molecule has 5 heteroatoms. The average molecular weight is 304 g/mol. The molecule has 0 unspecified atom stereocenters. The van der Waals surface area contributed by atoms with E-state index in [1.165, 1.54) is 0 Å². The summed E-state index contributed by atoms with van der Waals surface area (Å²) in [6, 6.07) is 13.5. The van der Waals surface area contributed by atoms with Crippen LogP contribution >= 0.6 is 11.6 Å². The fourth-order valence-corrected chi connectivity index (χ4v) is 1.95. The van der Waals surface area contributed by atoms with Gasteiger partial charge in [0, 0.05) is 30.7 Å². The van der Waals surface area contributed by atoms with Gasteiger partial charge < -0.3 is 10.6 Å². The van der Waals surface area contributed by atoms with Gasteiger partial charge in [-0.25, -0.2) is 4.98 Å². The summed E-state index contributed by atoms with van der Waals surface area (Å²) in [5.41, 5.74) is 1.93. The summed E-state index contributed by atoms with van der Waals surface area (Å²) in [6.45, 7) is 0.692. The molecule has 1 aromatic heterocycles. The van der Waals surface area contributed by atoms with Crippen molar-refractivity contribution in [3.8, 4) is 0 Å². The minimum atomic E-state index is -0.00462. The number of halogens is 1. The number of carbonyl (C=O) groups is 1. The number of anilines is 2. The van der Waals surface area contributed by atoms with Crippen LogP contribution in [0.4, 0.5) is 11.5 Å². The van der Waals surface area contributed by atoms with Crippen molar-refractivity contribution < 1.29 is 4.79 Å². The quantitative estimate of drug-likeness (QED) is 0.768. The molecule has 21 heavy (non-hydrogen) atoms. The van der Waals surface area contributed by atoms with Crippen LogP contribution in [0.3, 0.4) is 0 Å². The first-order valence-corrected chi connectivity index (χ1v) is 7.41. The van der Waals surface area contributed by atoms with Crippen LogP contribution in [0.1, 0.15) is 18.4 Å². The lowest BCUT2D eigenvalue weighted by Gasteiger charge is -2.08. The Balaban J connectivity index is 1.83. The normalized spacial score (nSPS) is 10.1. The molecule has 0 bridgehead atoms. The maximum Gasteiger partial charge on any atom is 0.224 e. The third-order valence-corrected chi connectivity index (χ3v) is 3.18. The summed E-state index contributed by atoms with van der Waals surface area (Å²) < 4.78 is 0. The molecular formula is C16H18ClN3O. The molecule has 2 N–H and O–H groups in total. The maximum absolute atomic E-state index is 11.6. The van der Waals surface area contributed by atoms with Crippen LogP contribution in [0.25, 0.3) is 0 Å². The third-order valence-electron chi connectivity index (χ3n) is 2.91. The lowest BCUT2D eigenvalue weighted by atomic mass is 10.2. The van der Waals surface area contributed by atoms with E-state index in [1.54, 1.807) is 6.20 Å². The Morgan fingerprint density at radius 1 is 1.14 bits per heavy atom. The first-order valence-electron chi connectivity index (χ1n) is 6.87. The smallest absolute Gasteiger partial charge is 0.224 e. The number of rotatable bonds is 7. The van der Waals surface area contributed by atoms with Gasteiger partial charge in [0.25, 0.3) is 0 Å². The minimum Gasteiger partial charge on any atom is -0.366 e. The number of hydrogen-bond donors (Lipinski definition) is 2. The molecule has 110 valence electrons. The number of benzene rings is 1. The molecule has 0 aliphatic rings. The van der Waals surface area contributed by atoms with Gasteiger partial charge in [0.1, 0.15) is 5.82 Å². The van der Waals surface area contributed by atoms with Crippen LogP contribution in [0.15, 0.2) is 48.7 Å². The van der Waals surface area contributed by atoms with E-state index in [2.05, 4.69) is 15.6 Å². The van der Waals surface area contributed by atoms with Gasteiger partial charge in [-0.2, -0.15) is 0 Å². The highest BCUT2D eigenvalue weighted by atomic mass is 35.5. The Bertz CT molecular complexity index is 557. The van der Waals surface area contributed by atoms with Gasteiger partial charge in [-0.3, -0.25) is 4.79 Å². The Hall–Kier alpha value is -2.07. The minimum absolute atomic E-state index is 0.00462. The van der Waals surface area contributed by atoms with E-state index in [-0.39, 0.29) is 5.91 Å². The van der Waals surface area contributed by atoms with E-state index in [4.69, 9.17) is 11.6 Å². The fraction of sp³-hybridized carbons (Fsp3) is 0.250. The second kappa shape index (κ2) is 8.27. The molecule has 0 aliphatic carbocycles. The van der Waals surface area contributed by atoms with Crippen LogP contribution in [-0.4, -0.2) is 16.8 Å². The van der Waals surface area contributed by atoms with Crippen LogP contribution in [0, 0.1) is 0 Å². The van der Waals surface area contributed by atoms with Crippen LogP contribution in [-0.2, 0) is 11.3 Å². The molecular weight excluding hydrogens is 286 g/mol. The molecule has 1 amide bonds. The fourth-order valence-electron chi connectivity index (χ4n) is 1.82. The lowest BCUT2D eigenvalue weighted by Crippen LogP contribution is -2.11. The maximum atomic E-state index is 11.6. The molecule has 0 saturated carbocycles. The number of amides is 1. The van der Waals surface area contributed by atoms with Gasteiger partial charge in [-0.05, 0) is 36.2 Å². The summed E-state index contributed by atoms with van der Waals surface area (Å²) in [4.78, 5) is 15.8. The summed E-state index contributed by atoms with van der Waals surface area (Å²) in [7, 11) is 0. The van der Waals surface area contributed by atoms with Crippen LogP contribution in [0.5, 0.6) is 0 Å². The second-order valence-electron chi connectivity index (χ2n) is 4.61. The van der Waals surface area contributed by atoms with E-state index in [1.807, 2.05) is 42.5 Å². The van der Waals surface area contributed by atoms with Crippen molar-refractivity contribution in [2.24, 2.45) is 0 Å². The van der Waals surface area contributed by atoms with E-state index >= 15 is 0 Å². The number of carbonyl (C=O) groups excluding carboxylic acids is 1. The Labute approximate surface area is 129 Å². The third kappa shape index (κ3) is 5.44. The van der Waals surface area contributed by atoms with Crippen molar-refractivity contribution in [1.29, 1.82) is 0 Å². The van der Waals surface area contributed by atoms with Gasteiger partial charge in [0.2, 0.25) is 5.91 Å². The van der Waals surface area contributed by atoms with E-state index < -0.39 is 0 Å². The Morgan fingerprint density at radius 3 is 2.62 bits per heavy atom. The first kappa shape index (κ1) is 15.3. The molecule has 2 aromatic rings. The largest absolute Gasteiger partial charge is 0.366 e. The molecule has 0 fully saturated rings. The summed E-state index contributed by atoms with van der Waals surface area (Å²) in [5.74, 6) is 1.34. The SMILES string of the molecule is O=C(CCCCl)Nc1ccc(CNc2ccccn2)cc1. The molecule has 1 heterocycles. The zero-order valence-corrected chi connectivity index (χ0v) is 12.4. The highest BCUT2D eigenvalue weighted by Gasteiger charge is 2.02. The summed E-state index contributed by atoms with van der Waals surface area (Å²) in [5, 5.41) is 6.08. The highest BCUT2D eigenvalue weighted by molar-refractivity contribution is 6.18. The van der Waals surface area contributed by atoms with Gasteiger partial charge in [-0.15, -0.1) is 11.6 Å². The molecule has 2 rings (SSSR count). The van der Waals surface area contributed by atoms with Gasteiger partial charge in [-0.1, -0.05) is 18.2 Å². The standard InChI is InChI=1S/C16H18ClN3O/c17-10-3-5-16(21)20-14-8-6-13(7-9-14)12-19-15-4-1-2-11-18-15/h1-2,4,6-9,11H,3,5,10,12H2,(H,18,19)(H,20,21). The molecule has 0 atom stereocenters. The van der Waals surface area contributed by atoms with Crippen molar-refractivity contribution in [1.82, 2.24) is 4.98 Å². The van der Waals surface area contributed by atoms with Crippen LogP contribution < -0.4 is 10.6 Å². The highest BCUT2D eigenvalue weighted by Crippen LogP contribution is 2.12. The van der Waals surface area contributed by atoms with Gasteiger partial charge in [0.15, 0.2) is 0 Å². The predicted octanol–water partition coefficient (Wildman–Crippen LogP) is 3.65. The Morgan fingerprint density at radius 2 is 1.95 bits per heavy atom. The predicted molar refractivity (Wildman–Crippen MR) is 86.6 cm³/mol. The second-order valence-corrected chi connectivity index (χ2v) is 4.98. The van der Waals surface area contributed by atoms with Crippen LogP contribution in [0.2, 0.25) is 0 Å². The lowest BCUT2D eigenvalue weighted by molar-refractivity contribution is -0.116. The zero-order valence-electron chi connectivity index (χ0n) is 11.7. The molecule has 4 nitrogen and oxygen atoms in total. The molecule has 1 aromatic carbocycles. The number of alkyl halides is 1. The van der Waals surface area contributed by atoms with Gasteiger partial charge >= 0.3 is 0 Å². The van der Waals surface area contributed by atoms with Crippen molar-refractivity contribution >= 4 is 29.0 Å². The molecule has 0 spiro atoms. The number of nitrogens with zero attached hydrogens (tertiary/aromatic N) is 1. The summed E-state index contributed by atoms with van der Waals surface area (Å²) >= 11 is 5.56. The molecule has 0 saturated heterocycles. The van der Waals surface area contributed by atoms with E-state index in [9.17, 15) is 4.79 Å². The Kier molecular flexibility index (Phi) is 6.03. The van der Waals surface area contributed by atoms with Gasteiger partial charge in [0.05, 0.1) is 0 Å². The monoisotopic (exact) mass is 303 g/mol. The van der Waals surface area contributed by atoms with Crippen molar-refractivity contribution in [3.05, 3.63) is 54.2 Å². The number of aromatic nitrogens is 1. The molecule has 0 radical (unpaired) electrons. The van der Waals surface area contributed by atoms with Crippen molar-refractivity contribution in [2.45, 2.75) is 19.4 Å². The zero-order chi connectivity index (χ0) is 14.9. The number of hydrogen-bond acceptors (Lipinski definition) is 3.